The number of methoxy groups -OCH3 is 1. The van der Waals surface area contributed by atoms with E-state index in [0.717, 1.165) is 11.3 Å². The summed E-state index contributed by atoms with van der Waals surface area (Å²) < 4.78 is 5.27. The summed E-state index contributed by atoms with van der Waals surface area (Å²) in [6.45, 7) is 4.90. The van der Waals surface area contributed by atoms with Gasteiger partial charge in [0, 0.05) is 19.2 Å². The molecule has 0 heterocycles. The zero-order valence-corrected chi connectivity index (χ0v) is 11.4. The molecule has 0 saturated heterocycles. The molecule has 1 unspecified atom stereocenters. The van der Waals surface area contributed by atoms with Crippen LogP contribution in [0.4, 0.5) is 0 Å². The highest BCUT2D eigenvalue weighted by molar-refractivity contribution is 5.43. The Morgan fingerprint density at radius 1 is 1.22 bits per heavy atom. The van der Waals surface area contributed by atoms with Crippen LogP contribution in [0.1, 0.15) is 23.1 Å². The number of rotatable bonds is 7. The van der Waals surface area contributed by atoms with Crippen molar-refractivity contribution < 1.29 is 14.9 Å². The molecule has 4 nitrogen and oxygen atoms in total. The summed E-state index contributed by atoms with van der Waals surface area (Å²) in [5.41, 5.74) is 3.52. The van der Waals surface area contributed by atoms with Crippen LogP contribution in [-0.2, 0) is 6.54 Å². The van der Waals surface area contributed by atoms with Gasteiger partial charge in [-0.2, -0.15) is 0 Å². The lowest BCUT2D eigenvalue weighted by Gasteiger charge is -2.17. The number of nitrogens with one attached hydrogen (secondary N) is 1. The second-order valence-electron chi connectivity index (χ2n) is 4.45. The van der Waals surface area contributed by atoms with Crippen LogP contribution in [0.15, 0.2) is 12.1 Å². The number of benzene rings is 1. The summed E-state index contributed by atoms with van der Waals surface area (Å²) in [5, 5.41) is 21.3. The molecule has 3 N–H and O–H groups in total. The Morgan fingerprint density at radius 2 is 1.94 bits per heavy atom. The predicted octanol–water partition coefficient (Wildman–Crippen LogP) is 1.14. The summed E-state index contributed by atoms with van der Waals surface area (Å²) in [6.07, 6.45) is 0.560. The molecular formula is C14H23NO3. The monoisotopic (exact) mass is 253 g/mol. The molecule has 0 aliphatic heterocycles. The summed E-state index contributed by atoms with van der Waals surface area (Å²) in [5.74, 6) is 0.894. The number of aliphatic hydroxyl groups excluding tert-OH is 2. The van der Waals surface area contributed by atoms with E-state index in [4.69, 9.17) is 14.9 Å². The maximum Gasteiger partial charge on any atom is 0.122 e. The third kappa shape index (κ3) is 3.70. The average Bonchev–Trinajstić information content (AvgIpc) is 2.39. The van der Waals surface area contributed by atoms with Crippen LogP contribution in [0, 0.1) is 13.8 Å². The number of hydrogen-bond acceptors (Lipinski definition) is 4. The maximum absolute atomic E-state index is 9.15. The Bertz CT molecular complexity index is 380. The van der Waals surface area contributed by atoms with Crippen molar-refractivity contribution in [2.24, 2.45) is 0 Å². The van der Waals surface area contributed by atoms with Crippen molar-refractivity contribution in [2.75, 3.05) is 20.3 Å². The first-order valence-corrected chi connectivity index (χ1v) is 6.22. The smallest absolute Gasteiger partial charge is 0.122 e. The Kier molecular flexibility index (Phi) is 6.12. The second kappa shape index (κ2) is 7.36. The molecular weight excluding hydrogens is 230 g/mol. The minimum absolute atomic E-state index is 0.0365. The molecule has 1 aromatic carbocycles. The van der Waals surface area contributed by atoms with Gasteiger partial charge in [-0.05, 0) is 43.0 Å². The fourth-order valence-electron chi connectivity index (χ4n) is 1.93. The molecule has 0 aliphatic rings. The van der Waals surface area contributed by atoms with Gasteiger partial charge in [-0.15, -0.1) is 0 Å². The van der Waals surface area contributed by atoms with Crippen LogP contribution in [-0.4, -0.2) is 36.6 Å². The zero-order valence-electron chi connectivity index (χ0n) is 11.4. The number of aliphatic hydroxyl groups is 2. The molecule has 0 radical (unpaired) electrons. The molecule has 1 atom stereocenters. The van der Waals surface area contributed by atoms with Crippen LogP contribution in [0.3, 0.4) is 0 Å². The van der Waals surface area contributed by atoms with Crippen LogP contribution in [0.2, 0.25) is 0 Å². The van der Waals surface area contributed by atoms with Gasteiger partial charge >= 0.3 is 0 Å². The van der Waals surface area contributed by atoms with E-state index in [1.807, 2.05) is 19.1 Å². The Morgan fingerprint density at radius 3 is 2.50 bits per heavy atom. The largest absolute Gasteiger partial charge is 0.496 e. The summed E-state index contributed by atoms with van der Waals surface area (Å²) in [4.78, 5) is 0. The van der Waals surface area contributed by atoms with Crippen molar-refractivity contribution in [1.29, 1.82) is 0 Å². The van der Waals surface area contributed by atoms with Crippen molar-refractivity contribution in [2.45, 2.75) is 32.9 Å². The lowest BCUT2D eigenvalue weighted by Crippen LogP contribution is -2.33. The third-order valence-electron chi connectivity index (χ3n) is 3.35. The van der Waals surface area contributed by atoms with Crippen molar-refractivity contribution in [3.63, 3.8) is 0 Å². The van der Waals surface area contributed by atoms with Crippen LogP contribution in [0.25, 0.3) is 0 Å². The van der Waals surface area contributed by atoms with E-state index in [0.29, 0.717) is 13.0 Å². The molecule has 0 spiro atoms. The molecule has 0 fully saturated rings. The molecule has 1 aromatic rings. The molecule has 0 saturated carbocycles. The van der Waals surface area contributed by atoms with Gasteiger partial charge in [0.25, 0.3) is 0 Å². The van der Waals surface area contributed by atoms with Crippen molar-refractivity contribution in [1.82, 2.24) is 5.32 Å². The topological polar surface area (TPSA) is 61.7 Å². The molecule has 0 aliphatic carbocycles. The van der Waals surface area contributed by atoms with Crippen LogP contribution < -0.4 is 10.1 Å². The fourth-order valence-corrected chi connectivity index (χ4v) is 1.93. The van der Waals surface area contributed by atoms with Crippen LogP contribution >= 0.6 is 0 Å². The highest BCUT2D eigenvalue weighted by Gasteiger charge is 2.09. The van der Waals surface area contributed by atoms with E-state index in [9.17, 15) is 0 Å². The summed E-state index contributed by atoms with van der Waals surface area (Å²) in [6, 6.07) is 3.93. The quantitative estimate of drug-likeness (QED) is 0.682. The normalized spacial score (nSPS) is 12.5. The first-order valence-electron chi connectivity index (χ1n) is 6.22. The van der Waals surface area contributed by atoms with Crippen molar-refractivity contribution in [3.05, 3.63) is 28.8 Å². The lowest BCUT2D eigenvalue weighted by atomic mass is 10.0. The molecule has 4 heteroatoms. The van der Waals surface area contributed by atoms with E-state index in [1.54, 1.807) is 7.11 Å². The number of hydrogen-bond donors (Lipinski definition) is 3. The molecule has 18 heavy (non-hydrogen) atoms. The number of ether oxygens (including phenoxy) is 1. The van der Waals surface area contributed by atoms with Gasteiger partial charge in [-0.1, -0.05) is 6.07 Å². The van der Waals surface area contributed by atoms with Crippen molar-refractivity contribution >= 4 is 0 Å². The second-order valence-corrected chi connectivity index (χ2v) is 4.45. The molecule has 0 aromatic heterocycles. The standard InChI is InChI=1S/C14H23NO3/c1-10-11(2)14(18-3)5-4-12(10)8-15-13(9-17)6-7-16/h4-5,13,15-17H,6-9H2,1-3H3. The third-order valence-corrected chi connectivity index (χ3v) is 3.35. The Hall–Kier alpha value is -1.10. The molecule has 0 bridgehead atoms. The van der Waals surface area contributed by atoms with Crippen molar-refractivity contribution in [3.8, 4) is 5.75 Å². The Balaban J connectivity index is 2.70. The first-order chi connectivity index (χ1) is 8.63. The van der Waals surface area contributed by atoms with Gasteiger partial charge in [0.15, 0.2) is 0 Å². The van der Waals surface area contributed by atoms with Gasteiger partial charge in [-0.25, -0.2) is 0 Å². The van der Waals surface area contributed by atoms with Gasteiger partial charge < -0.3 is 20.3 Å². The molecule has 0 amide bonds. The molecule has 1 rings (SSSR count). The van der Waals surface area contributed by atoms with E-state index in [-0.39, 0.29) is 19.3 Å². The minimum Gasteiger partial charge on any atom is -0.496 e. The minimum atomic E-state index is -0.0585. The highest BCUT2D eigenvalue weighted by atomic mass is 16.5. The maximum atomic E-state index is 9.15. The zero-order chi connectivity index (χ0) is 13.5. The molecule has 102 valence electrons. The van der Waals surface area contributed by atoms with Gasteiger partial charge in [0.2, 0.25) is 0 Å². The van der Waals surface area contributed by atoms with Gasteiger partial charge in [-0.3, -0.25) is 0 Å². The summed E-state index contributed by atoms with van der Waals surface area (Å²) in [7, 11) is 1.67. The fraction of sp³-hybridized carbons (Fsp3) is 0.571. The van der Waals surface area contributed by atoms with Gasteiger partial charge in [0.1, 0.15) is 5.75 Å². The summed E-state index contributed by atoms with van der Waals surface area (Å²) >= 11 is 0. The van der Waals surface area contributed by atoms with Crippen LogP contribution in [0.5, 0.6) is 5.75 Å². The SMILES string of the molecule is COc1ccc(CNC(CO)CCO)c(C)c1C. The van der Waals surface area contributed by atoms with E-state index < -0.39 is 0 Å². The van der Waals surface area contributed by atoms with E-state index >= 15 is 0 Å². The first kappa shape index (κ1) is 15.0. The predicted molar refractivity (Wildman–Crippen MR) is 71.9 cm³/mol. The van der Waals surface area contributed by atoms with E-state index in [2.05, 4.69) is 12.2 Å². The van der Waals surface area contributed by atoms with E-state index in [1.165, 1.54) is 11.1 Å². The lowest BCUT2D eigenvalue weighted by molar-refractivity contribution is 0.199. The van der Waals surface area contributed by atoms with Gasteiger partial charge in [0.05, 0.1) is 13.7 Å². The highest BCUT2D eigenvalue weighted by Crippen LogP contribution is 2.23. The Labute approximate surface area is 109 Å². The average molecular weight is 253 g/mol.